The average molecular weight is 132 g/mol. The third-order valence-corrected chi connectivity index (χ3v) is 0.586. The highest BCUT2D eigenvalue weighted by atomic mass is 35.5. The van der Waals surface area contributed by atoms with E-state index >= 15 is 0 Å². The predicted octanol–water partition coefficient (Wildman–Crippen LogP) is 0.481. The number of halogens is 1. The van der Waals surface area contributed by atoms with E-state index in [2.05, 4.69) is 9.97 Å². The van der Waals surface area contributed by atoms with E-state index in [1.165, 1.54) is 0 Å². The lowest BCUT2D eigenvalue weighted by Gasteiger charge is -1.82. The van der Waals surface area contributed by atoms with Crippen molar-refractivity contribution in [2.45, 2.75) is 0 Å². The van der Waals surface area contributed by atoms with Gasteiger partial charge in [0.15, 0.2) is 0 Å². The molecule has 0 saturated carbocycles. The topological polar surface area (TPSA) is 51.8 Å². The Hall–Kier alpha value is -0.830. The zero-order valence-electron chi connectivity index (χ0n) is 4.11. The van der Waals surface area contributed by atoms with Crippen molar-refractivity contribution in [2.75, 3.05) is 5.73 Å². The molecule has 0 amide bonds. The van der Waals surface area contributed by atoms with Gasteiger partial charge < -0.3 is 5.73 Å². The Balaban J connectivity index is 0.000000490. The Bertz CT molecular complexity index is 141. The molecule has 1 aromatic rings. The smallest absolute Gasteiger partial charge is 0.219 e. The summed E-state index contributed by atoms with van der Waals surface area (Å²) in [6.07, 6.45) is 3.20. The van der Waals surface area contributed by atoms with Gasteiger partial charge in [0.05, 0.1) is 0 Å². The molecule has 0 spiro atoms. The predicted molar refractivity (Wildman–Crippen MR) is 33.7 cm³/mol. The molecule has 0 saturated heterocycles. The van der Waals surface area contributed by atoms with Gasteiger partial charge in [0.25, 0.3) is 0 Å². The second-order valence-corrected chi connectivity index (χ2v) is 1.11. The Morgan fingerprint density at radius 1 is 1.25 bits per heavy atom. The number of nitrogens with two attached hydrogens (primary N) is 1. The van der Waals surface area contributed by atoms with Gasteiger partial charge in [-0.2, -0.15) is 0 Å². The minimum atomic E-state index is 0. The van der Waals surface area contributed by atoms with Gasteiger partial charge in [-0.05, 0) is 6.07 Å². The second-order valence-electron chi connectivity index (χ2n) is 1.11. The standard InChI is InChI=1S/C4H5N3.ClH/c5-4-6-2-1-3-7-4;/h1-3H,(H2,5,6,7);1H. The number of hydrogen-bond donors (Lipinski definition) is 1. The lowest BCUT2D eigenvalue weighted by molar-refractivity contribution is 1.19. The van der Waals surface area contributed by atoms with Crippen molar-refractivity contribution in [1.29, 1.82) is 0 Å². The van der Waals surface area contributed by atoms with Crippen molar-refractivity contribution in [3.05, 3.63) is 18.5 Å². The van der Waals surface area contributed by atoms with E-state index in [9.17, 15) is 0 Å². The van der Waals surface area contributed by atoms with Gasteiger partial charge >= 0.3 is 0 Å². The minimum absolute atomic E-state index is 0. The highest BCUT2D eigenvalue weighted by Crippen LogP contribution is 1.81. The molecule has 0 aliphatic heterocycles. The van der Waals surface area contributed by atoms with Crippen LogP contribution in [0.15, 0.2) is 18.5 Å². The van der Waals surface area contributed by atoms with Gasteiger partial charge in [-0.15, -0.1) is 12.4 Å². The molecule has 1 aromatic heterocycles. The van der Waals surface area contributed by atoms with E-state index in [0.29, 0.717) is 5.95 Å². The molecule has 0 bridgehead atoms. The maximum Gasteiger partial charge on any atom is 0.219 e. The van der Waals surface area contributed by atoms with E-state index in [1.54, 1.807) is 18.5 Å². The molecule has 0 aromatic carbocycles. The van der Waals surface area contributed by atoms with Crippen LogP contribution in [0, 0.1) is 0 Å². The summed E-state index contributed by atoms with van der Waals surface area (Å²) in [6.45, 7) is 0. The maximum absolute atomic E-state index is 5.14. The second kappa shape index (κ2) is 3.21. The highest BCUT2D eigenvalue weighted by Gasteiger charge is 1.75. The van der Waals surface area contributed by atoms with Gasteiger partial charge in [0, 0.05) is 12.4 Å². The molecule has 3 nitrogen and oxygen atoms in total. The molecule has 44 valence electrons. The van der Waals surface area contributed by atoms with E-state index < -0.39 is 0 Å². The molecule has 0 aliphatic carbocycles. The summed E-state index contributed by atoms with van der Waals surface area (Å²) < 4.78 is 0. The Morgan fingerprint density at radius 3 is 2.00 bits per heavy atom. The summed E-state index contributed by atoms with van der Waals surface area (Å²) in [6, 6.07) is 1.72. The van der Waals surface area contributed by atoms with Gasteiger partial charge in [-0.25, -0.2) is 9.97 Å². The first-order valence-electron chi connectivity index (χ1n) is 1.92. The molecule has 0 radical (unpaired) electrons. The van der Waals surface area contributed by atoms with Crippen LogP contribution < -0.4 is 5.73 Å². The van der Waals surface area contributed by atoms with E-state index in [-0.39, 0.29) is 12.4 Å². The summed E-state index contributed by atoms with van der Waals surface area (Å²) in [5.41, 5.74) is 5.14. The fourth-order valence-electron chi connectivity index (χ4n) is 0.311. The molecule has 0 fully saturated rings. The minimum Gasteiger partial charge on any atom is -0.368 e. The molecular formula is C4H6ClN3. The quantitative estimate of drug-likeness (QED) is 0.557. The SMILES string of the molecule is Cl.Nc1ncccn1. The van der Waals surface area contributed by atoms with E-state index in [1.807, 2.05) is 0 Å². The van der Waals surface area contributed by atoms with Crippen LogP contribution in [0.25, 0.3) is 0 Å². The third-order valence-electron chi connectivity index (χ3n) is 0.586. The van der Waals surface area contributed by atoms with Crippen LogP contribution >= 0.6 is 12.4 Å². The van der Waals surface area contributed by atoms with E-state index in [0.717, 1.165) is 0 Å². The molecule has 0 aliphatic rings. The van der Waals surface area contributed by atoms with Crippen molar-refractivity contribution < 1.29 is 0 Å². The van der Waals surface area contributed by atoms with Crippen molar-refractivity contribution >= 4 is 18.4 Å². The molecule has 1 rings (SSSR count). The van der Waals surface area contributed by atoms with Crippen molar-refractivity contribution in [2.24, 2.45) is 0 Å². The maximum atomic E-state index is 5.14. The van der Waals surface area contributed by atoms with Crippen LogP contribution in [0.3, 0.4) is 0 Å². The van der Waals surface area contributed by atoms with Crippen LogP contribution in [0.4, 0.5) is 5.95 Å². The lowest BCUT2D eigenvalue weighted by Crippen LogP contribution is -1.90. The number of aromatic nitrogens is 2. The highest BCUT2D eigenvalue weighted by molar-refractivity contribution is 5.85. The summed E-state index contributed by atoms with van der Waals surface area (Å²) in [7, 11) is 0. The molecule has 0 atom stereocenters. The van der Waals surface area contributed by atoms with Crippen LogP contribution in [0.2, 0.25) is 0 Å². The number of rotatable bonds is 0. The molecule has 0 unspecified atom stereocenters. The molecular weight excluding hydrogens is 126 g/mol. The summed E-state index contributed by atoms with van der Waals surface area (Å²) in [4.78, 5) is 7.29. The fraction of sp³-hybridized carbons (Fsp3) is 0. The fourth-order valence-corrected chi connectivity index (χ4v) is 0.311. The molecule has 8 heavy (non-hydrogen) atoms. The zero-order valence-corrected chi connectivity index (χ0v) is 4.93. The Kier molecular flexibility index (Phi) is 2.88. The molecule has 4 heteroatoms. The average Bonchev–Trinajstić information content (AvgIpc) is 1.69. The van der Waals surface area contributed by atoms with Crippen molar-refractivity contribution in [1.82, 2.24) is 9.97 Å². The van der Waals surface area contributed by atoms with Gasteiger partial charge in [0.1, 0.15) is 0 Å². The third kappa shape index (κ3) is 1.75. The van der Waals surface area contributed by atoms with Gasteiger partial charge in [-0.3, -0.25) is 0 Å². The Morgan fingerprint density at radius 2 is 1.75 bits per heavy atom. The van der Waals surface area contributed by atoms with Crippen LogP contribution in [-0.2, 0) is 0 Å². The van der Waals surface area contributed by atoms with Crippen molar-refractivity contribution in [3.63, 3.8) is 0 Å². The zero-order chi connectivity index (χ0) is 5.11. The summed E-state index contributed by atoms with van der Waals surface area (Å²) in [5, 5.41) is 0. The first kappa shape index (κ1) is 7.17. The number of hydrogen-bond acceptors (Lipinski definition) is 3. The molecule has 2 N–H and O–H groups in total. The first-order chi connectivity index (χ1) is 3.39. The lowest BCUT2D eigenvalue weighted by atomic mass is 10.7. The number of nitrogens with zero attached hydrogens (tertiary/aromatic N) is 2. The first-order valence-corrected chi connectivity index (χ1v) is 1.92. The summed E-state index contributed by atoms with van der Waals surface area (Å²) >= 11 is 0. The van der Waals surface area contributed by atoms with Crippen LogP contribution in [-0.4, -0.2) is 9.97 Å². The number of nitrogen functional groups attached to an aromatic ring is 1. The van der Waals surface area contributed by atoms with E-state index in [4.69, 9.17) is 5.73 Å². The molecule has 1 heterocycles. The van der Waals surface area contributed by atoms with Gasteiger partial charge in [-0.1, -0.05) is 0 Å². The monoisotopic (exact) mass is 131 g/mol. The largest absolute Gasteiger partial charge is 0.368 e. The van der Waals surface area contributed by atoms with Crippen molar-refractivity contribution in [3.8, 4) is 0 Å². The van der Waals surface area contributed by atoms with Crippen LogP contribution in [0.1, 0.15) is 0 Å². The van der Waals surface area contributed by atoms with Gasteiger partial charge in [0.2, 0.25) is 5.95 Å². The van der Waals surface area contributed by atoms with Crippen LogP contribution in [0.5, 0.6) is 0 Å². The normalized spacial score (nSPS) is 7.50. The summed E-state index contributed by atoms with van der Waals surface area (Å²) in [5.74, 6) is 0.322. The Labute approximate surface area is 53.4 Å². The number of anilines is 1.